The highest BCUT2D eigenvalue weighted by molar-refractivity contribution is 5.77. The summed E-state index contributed by atoms with van der Waals surface area (Å²) < 4.78 is 19.3. The van der Waals surface area contributed by atoms with Crippen molar-refractivity contribution >= 4 is 23.1 Å². The van der Waals surface area contributed by atoms with Crippen LogP contribution in [0.25, 0.3) is 0 Å². The van der Waals surface area contributed by atoms with Crippen LogP contribution in [0.1, 0.15) is 23.8 Å². The number of nitrogens with zero attached hydrogens (tertiary/aromatic N) is 4. The first-order valence-corrected chi connectivity index (χ1v) is 11.0. The van der Waals surface area contributed by atoms with Gasteiger partial charge in [0, 0.05) is 38.4 Å². The third kappa shape index (κ3) is 5.84. The van der Waals surface area contributed by atoms with Crippen LogP contribution in [0.3, 0.4) is 0 Å². The summed E-state index contributed by atoms with van der Waals surface area (Å²) in [5, 5.41) is 3.27. The van der Waals surface area contributed by atoms with Crippen molar-refractivity contribution in [2.24, 2.45) is 0 Å². The van der Waals surface area contributed by atoms with Gasteiger partial charge in [-0.25, -0.2) is 9.37 Å². The number of nitrogens with one attached hydrogen (secondary N) is 1. The quantitative estimate of drug-likeness (QED) is 0.586. The zero-order valence-corrected chi connectivity index (χ0v) is 18.9. The molecule has 1 aliphatic heterocycles. The fraction of sp³-hybridized carbons (Fsp3) is 0.320. The number of carbonyl (C=O) groups excluding carboxylic acids is 1. The fourth-order valence-electron chi connectivity index (χ4n) is 3.74. The zero-order valence-electron chi connectivity index (χ0n) is 18.9. The van der Waals surface area contributed by atoms with Gasteiger partial charge in [-0.3, -0.25) is 9.78 Å². The van der Waals surface area contributed by atoms with Crippen LogP contribution in [0.5, 0.6) is 0 Å². The highest BCUT2D eigenvalue weighted by Gasteiger charge is 2.26. The van der Waals surface area contributed by atoms with Crippen molar-refractivity contribution in [1.29, 1.82) is 0 Å². The van der Waals surface area contributed by atoms with Gasteiger partial charge in [0.1, 0.15) is 17.7 Å². The first-order chi connectivity index (χ1) is 16.0. The summed E-state index contributed by atoms with van der Waals surface area (Å²) in [6.07, 6.45) is 3.57. The lowest BCUT2D eigenvalue weighted by Gasteiger charge is -2.33. The maximum atomic E-state index is 13.4. The van der Waals surface area contributed by atoms with Crippen LogP contribution >= 0.6 is 0 Å². The molecule has 2 aromatic heterocycles. The molecule has 1 fully saturated rings. The molecule has 172 valence electrons. The topological polar surface area (TPSA) is 70.6 Å². The molecule has 7 nitrogen and oxygen atoms in total. The molecular weight excluding hydrogens is 421 g/mol. The number of ether oxygens (including phenoxy) is 1. The van der Waals surface area contributed by atoms with Crippen molar-refractivity contribution in [3.8, 4) is 0 Å². The summed E-state index contributed by atoms with van der Waals surface area (Å²) in [5.74, 6) is 0.557. The van der Waals surface area contributed by atoms with E-state index in [2.05, 4.69) is 15.3 Å². The molecular formula is C25H28FN5O2. The predicted octanol–water partition coefficient (Wildman–Crippen LogP) is 4.09. The van der Waals surface area contributed by atoms with Crippen LogP contribution in [0.15, 0.2) is 60.9 Å². The van der Waals surface area contributed by atoms with Crippen molar-refractivity contribution in [3.05, 3.63) is 78.0 Å². The van der Waals surface area contributed by atoms with E-state index in [0.29, 0.717) is 32.7 Å². The minimum absolute atomic E-state index is 0.0514. The van der Waals surface area contributed by atoms with Crippen molar-refractivity contribution in [2.45, 2.75) is 19.4 Å². The van der Waals surface area contributed by atoms with E-state index in [1.807, 2.05) is 54.1 Å². The van der Waals surface area contributed by atoms with Gasteiger partial charge < -0.3 is 19.9 Å². The minimum atomic E-state index is -0.286. The van der Waals surface area contributed by atoms with Gasteiger partial charge >= 0.3 is 0 Å². The Hall–Kier alpha value is -3.52. The Balaban J connectivity index is 1.32. The Morgan fingerprint density at radius 1 is 1.24 bits per heavy atom. The Morgan fingerprint density at radius 3 is 2.88 bits per heavy atom. The summed E-state index contributed by atoms with van der Waals surface area (Å²) in [6.45, 7) is 3.98. The van der Waals surface area contributed by atoms with E-state index in [9.17, 15) is 9.18 Å². The minimum Gasteiger partial charge on any atom is -0.374 e. The van der Waals surface area contributed by atoms with E-state index in [4.69, 9.17) is 4.74 Å². The third-order valence-corrected chi connectivity index (χ3v) is 5.72. The number of carbonyl (C=O) groups is 1. The Kier molecular flexibility index (Phi) is 7.14. The maximum absolute atomic E-state index is 13.4. The lowest BCUT2D eigenvalue weighted by atomic mass is 10.1. The Labute approximate surface area is 193 Å². The van der Waals surface area contributed by atoms with E-state index in [-0.39, 0.29) is 17.8 Å². The molecule has 1 saturated heterocycles. The molecule has 3 heterocycles. The Bertz CT molecular complexity index is 1090. The van der Waals surface area contributed by atoms with Crippen LogP contribution in [-0.2, 0) is 9.53 Å². The van der Waals surface area contributed by atoms with E-state index in [1.165, 1.54) is 12.1 Å². The molecule has 0 aliphatic carbocycles. The second-order valence-electron chi connectivity index (χ2n) is 8.12. The molecule has 1 aliphatic rings. The normalized spacial score (nSPS) is 15.8. The second-order valence-corrected chi connectivity index (χ2v) is 8.12. The van der Waals surface area contributed by atoms with Crippen LogP contribution in [0.4, 0.5) is 21.6 Å². The molecule has 33 heavy (non-hydrogen) atoms. The van der Waals surface area contributed by atoms with Gasteiger partial charge in [-0.05, 0) is 48.9 Å². The van der Waals surface area contributed by atoms with E-state index < -0.39 is 0 Å². The molecule has 0 spiro atoms. The summed E-state index contributed by atoms with van der Waals surface area (Å²) in [6, 6.07) is 14.1. The zero-order chi connectivity index (χ0) is 23.2. The van der Waals surface area contributed by atoms with Crippen molar-refractivity contribution in [1.82, 2.24) is 14.9 Å². The standard InChI is InChI=1S/C25H28FN5O2/c1-18-5-4-11-27-25(18)29-20-8-9-22(28-16-20)23-17-31(13-14-33-23)24(32)10-12-30(2)21-7-3-6-19(26)15-21/h3-9,11,15-16,23H,10,12-14,17H2,1-2H3,(H,27,29)/t23-/m0/s1. The lowest BCUT2D eigenvalue weighted by Crippen LogP contribution is -2.43. The predicted molar refractivity (Wildman–Crippen MR) is 126 cm³/mol. The van der Waals surface area contributed by atoms with Gasteiger partial charge in [0.05, 0.1) is 30.7 Å². The number of rotatable bonds is 7. The number of morpholine rings is 1. The lowest BCUT2D eigenvalue weighted by molar-refractivity contribution is -0.138. The first-order valence-electron chi connectivity index (χ1n) is 11.0. The van der Waals surface area contributed by atoms with Crippen molar-refractivity contribution < 1.29 is 13.9 Å². The summed E-state index contributed by atoms with van der Waals surface area (Å²) >= 11 is 0. The second kappa shape index (κ2) is 10.4. The van der Waals surface area contributed by atoms with E-state index in [1.54, 1.807) is 18.5 Å². The molecule has 0 bridgehead atoms. The molecule has 1 N–H and O–H groups in total. The number of anilines is 3. The summed E-state index contributed by atoms with van der Waals surface area (Å²) in [7, 11) is 1.86. The Morgan fingerprint density at radius 2 is 2.12 bits per heavy atom. The number of hydrogen-bond acceptors (Lipinski definition) is 6. The monoisotopic (exact) mass is 449 g/mol. The smallest absolute Gasteiger partial charge is 0.224 e. The molecule has 1 atom stereocenters. The van der Waals surface area contributed by atoms with E-state index in [0.717, 1.165) is 28.5 Å². The third-order valence-electron chi connectivity index (χ3n) is 5.72. The molecule has 4 rings (SSSR count). The number of hydrogen-bond donors (Lipinski definition) is 1. The fourth-order valence-corrected chi connectivity index (χ4v) is 3.74. The van der Waals surface area contributed by atoms with Crippen LogP contribution in [0, 0.1) is 12.7 Å². The molecule has 1 aromatic carbocycles. The average molecular weight is 450 g/mol. The number of amides is 1. The highest BCUT2D eigenvalue weighted by Crippen LogP contribution is 2.24. The maximum Gasteiger partial charge on any atom is 0.224 e. The molecule has 0 radical (unpaired) electrons. The van der Waals surface area contributed by atoms with Crippen molar-refractivity contribution in [3.63, 3.8) is 0 Å². The van der Waals surface area contributed by atoms with Gasteiger partial charge in [-0.1, -0.05) is 12.1 Å². The van der Waals surface area contributed by atoms with Crippen LogP contribution < -0.4 is 10.2 Å². The van der Waals surface area contributed by atoms with Gasteiger partial charge in [-0.15, -0.1) is 0 Å². The summed E-state index contributed by atoms with van der Waals surface area (Å²) in [4.78, 5) is 25.4. The molecule has 1 amide bonds. The van der Waals surface area contributed by atoms with Gasteiger partial charge in [0.2, 0.25) is 5.91 Å². The highest BCUT2D eigenvalue weighted by atomic mass is 19.1. The number of halogens is 1. The first kappa shape index (κ1) is 22.7. The van der Waals surface area contributed by atoms with Crippen LogP contribution in [-0.4, -0.2) is 54.1 Å². The number of aryl methyl sites for hydroxylation is 1. The molecule has 3 aromatic rings. The van der Waals surface area contributed by atoms with Crippen molar-refractivity contribution in [2.75, 3.05) is 43.5 Å². The number of pyridine rings is 2. The average Bonchev–Trinajstić information content (AvgIpc) is 2.84. The summed E-state index contributed by atoms with van der Waals surface area (Å²) in [5.41, 5.74) is 3.42. The van der Waals surface area contributed by atoms with Gasteiger partial charge in [-0.2, -0.15) is 0 Å². The molecule has 0 saturated carbocycles. The molecule has 8 heteroatoms. The molecule has 0 unspecified atom stereocenters. The largest absolute Gasteiger partial charge is 0.374 e. The van der Waals surface area contributed by atoms with Gasteiger partial charge in [0.25, 0.3) is 0 Å². The SMILES string of the molecule is Cc1cccnc1Nc1ccc([C@@H]2CN(C(=O)CCN(C)c3cccc(F)c3)CCO2)nc1. The van der Waals surface area contributed by atoms with Gasteiger partial charge in [0.15, 0.2) is 0 Å². The van der Waals surface area contributed by atoms with E-state index >= 15 is 0 Å². The van der Waals surface area contributed by atoms with Crippen LogP contribution in [0.2, 0.25) is 0 Å². The number of benzene rings is 1. The number of aromatic nitrogens is 2.